The van der Waals surface area contributed by atoms with E-state index in [9.17, 15) is 4.79 Å². The van der Waals surface area contributed by atoms with Crippen molar-refractivity contribution < 1.29 is 4.42 Å². The number of aryl methyl sites for hydroxylation is 1. The lowest BCUT2D eigenvalue weighted by Gasteiger charge is -2.18. The van der Waals surface area contributed by atoms with Crippen molar-refractivity contribution >= 4 is 27.0 Å². The minimum Gasteiger partial charge on any atom is -0.408 e. The van der Waals surface area contributed by atoms with Gasteiger partial charge < -0.3 is 4.42 Å². The van der Waals surface area contributed by atoms with Crippen molar-refractivity contribution in [2.24, 2.45) is 7.05 Å². The normalized spacial score (nSPS) is 13.6. The first-order valence-electron chi connectivity index (χ1n) is 4.90. The fourth-order valence-electron chi connectivity index (χ4n) is 1.59. The van der Waals surface area contributed by atoms with Gasteiger partial charge in [0.15, 0.2) is 5.58 Å². The van der Waals surface area contributed by atoms with Gasteiger partial charge in [-0.25, -0.2) is 4.79 Å². The van der Waals surface area contributed by atoms with Gasteiger partial charge in [0.2, 0.25) is 0 Å². The van der Waals surface area contributed by atoms with Gasteiger partial charge in [-0.15, -0.1) is 0 Å². The monoisotopic (exact) mass is 284 g/mol. The predicted octanol–water partition coefficient (Wildman–Crippen LogP) is 2.09. The van der Waals surface area contributed by atoms with E-state index in [1.807, 2.05) is 37.2 Å². The van der Waals surface area contributed by atoms with Crippen LogP contribution in [0.1, 0.15) is 10.5 Å². The number of aromatic nitrogens is 1. The lowest BCUT2D eigenvalue weighted by Crippen LogP contribution is -2.14. The highest BCUT2D eigenvalue weighted by atomic mass is 79.9. The molecule has 4 nitrogen and oxygen atoms in total. The van der Waals surface area contributed by atoms with Crippen molar-refractivity contribution in [3.63, 3.8) is 0 Å². The topological polar surface area (TPSA) is 38.4 Å². The molecule has 0 N–H and O–H groups in total. The maximum absolute atomic E-state index is 11.3. The summed E-state index contributed by atoms with van der Waals surface area (Å²) in [4.78, 5) is 13.5. The highest BCUT2D eigenvalue weighted by Gasteiger charge is 2.12. The van der Waals surface area contributed by atoms with Crippen molar-refractivity contribution in [1.82, 2.24) is 9.47 Å². The molecule has 0 aliphatic rings. The first-order chi connectivity index (χ1) is 7.50. The van der Waals surface area contributed by atoms with Crippen LogP contribution < -0.4 is 5.76 Å². The van der Waals surface area contributed by atoms with Crippen LogP contribution >= 0.6 is 15.9 Å². The summed E-state index contributed by atoms with van der Waals surface area (Å²) in [6, 6.07) is 5.73. The van der Waals surface area contributed by atoms with E-state index in [0.29, 0.717) is 5.58 Å². The molecule has 1 heterocycles. The molecule has 0 aliphatic heterocycles. The summed E-state index contributed by atoms with van der Waals surface area (Å²) >= 11 is 3.58. The van der Waals surface area contributed by atoms with Gasteiger partial charge in [0.05, 0.1) is 10.5 Å². The zero-order valence-corrected chi connectivity index (χ0v) is 11.0. The molecule has 0 radical (unpaired) electrons. The summed E-state index contributed by atoms with van der Waals surface area (Å²) < 4.78 is 6.58. The quantitative estimate of drug-likeness (QED) is 0.626. The molecule has 0 saturated heterocycles. The largest absolute Gasteiger partial charge is 0.419 e. The smallest absolute Gasteiger partial charge is 0.408 e. The third kappa shape index (κ3) is 1.81. The van der Waals surface area contributed by atoms with Crippen LogP contribution in [0, 0.1) is 0 Å². The third-order valence-electron chi connectivity index (χ3n) is 2.54. The summed E-state index contributed by atoms with van der Waals surface area (Å²) in [5.74, 6) is -0.330. The molecule has 1 atom stereocenters. The number of hydrogen-bond acceptors (Lipinski definition) is 3. The average molecular weight is 285 g/mol. The van der Waals surface area contributed by atoms with E-state index in [-0.39, 0.29) is 10.7 Å². The van der Waals surface area contributed by atoms with Gasteiger partial charge in [0.25, 0.3) is 0 Å². The third-order valence-corrected chi connectivity index (χ3v) is 3.89. The van der Waals surface area contributed by atoms with Crippen LogP contribution in [0.3, 0.4) is 0 Å². The van der Waals surface area contributed by atoms with E-state index >= 15 is 0 Å². The Morgan fingerprint density at radius 2 is 2.12 bits per heavy atom. The summed E-state index contributed by atoms with van der Waals surface area (Å²) in [6.07, 6.45) is 0. The molecule has 16 heavy (non-hydrogen) atoms. The van der Waals surface area contributed by atoms with Gasteiger partial charge in [-0.05, 0) is 31.8 Å². The number of halogens is 1. The van der Waals surface area contributed by atoms with Crippen molar-refractivity contribution in [3.05, 3.63) is 34.3 Å². The molecule has 0 amide bonds. The van der Waals surface area contributed by atoms with Crippen LogP contribution in [-0.2, 0) is 7.05 Å². The molecule has 5 heteroatoms. The number of oxazole rings is 1. The van der Waals surface area contributed by atoms with Crippen LogP contribution in [0.5, 0.6) is 0 Å². The Balaban J connectivity index is 2.59. The highest BCUT2D eigenvalue weighted by molar-refractivity contribution is 9.09. The number of alkyl halides is 1. The number of hydrogen-bond donors (Lipinski definition) is 0. The molecule has 0 spiro atoms. The minimum atomic E-state index is -0.330. The summed E-state index contributed by atoms with van der Waals surface area (Å²) in [5.41, 5.74) is 2.53. The maximum Gasteiger partial charge on any atom is 0.419 e. The number of benzene rings is 1. The predicted molar refractivity (Wildman–Crippen MR) is 66.8 cm³/mol. The van der Waals surface area contributed by atoms with Crippen LogP contribution in [0.15, 0.2) is 27.4 Å². The van der Waals surface area contributed by atoms with Crippen LogP contribution in [0.25, 0.3) is 11.1 Å². The minimum absolute atomic E-state index is 0.127. The summed E-state index contributed by atoms with van der Waals surface area (Å²) in [6.45, 7) is 0. The molecule has 0 fully saturated rings. The van der Waals surface area contributed by atoms with Crippen molar-refractivity contribution in [3.8, 4) is 0 Å². The van der Waals surface area contributed by atoms with Crippen molar-refractivity contribution in [2.45, 2.75) is 4.95 Å². The van der Waals surface area contributed by atoms with Crippen molar-refractivity contribution in [1.29, 1.82) is 0 Å². The molecular formula is C11H13BrN2O2. The summed E-state index contributed by atoms with van der Waals surface area (Å²) in [5, 5.41) is 0. The first kappa shape index (κ1) is 11.4. The van der Waals surface area contributed by atoms with Gasteiger partial charge in [0.1, 0.15) is 0 Å². The Bertz CT molecular complexity index is 571. The number of rotatable bonds is 2. The van der Waals surface area contributed by atoms with E-state index in [2.05, 4.69) is 15.9 Å². The maximum atomic E-state index is 11.3. The van der Waals surface area contributed by atoms with Crippen molar-refractivity contribution in [2.75, 3.05) is 14.1 Å². The Morgan fingerprint density at radius 3 is 2.75 bits per heavy atom. The second kappa shape index (κ2) is 4.07. The molecule has 2 rings (SSSR count). The Labute approximate surface area is 102 Å². The Morgan fingerprint density at radius 1 is 1.44 bits per heavy atom. The molecule has 1 aromatic heterocycles. The Kier molecular flexibility index (Phi) is 2.90. The molecule has 86 valence electrons. The number of fused-ring (bicyclic) bond motifs is 1. The van der Waals surface area contributed by atoms with Gasteiger partial charge in [0, 0.05) is 7.05 Å². The molecule has 1 unspecified atom stereocenters. The van der Waals surface area contributed by atoms with Gasteiger partial charge in [-0.3, -0.25) is 9.47 Å². The van der Waals surface area contributed by atoms with E-state index < -0.39 is 0 Å². The molecular weight excluding hydrogens is 272 g/mol. The van der Waals surface area contributed by atoms with Gasteiger partial charge in [-0.1, -0.05) is 22.0 Å². The molecule has 0 bridgehead atoms. The molecule has 2 aromatic rings. The zero-order valence-electron chi connectivity index (χ0n) is 9.40. The van der Waals surface area contributed by atoms with E-state index in [0.717, 1.165) is 11.1 Å². The highest BCUT2D eigenvalue weighted by Crippen LogP contribution is 2.27. The van der Waals surface area contributed by atoms with E-state index in [1.54, 1.807) is 7.05 Å². The van der Waals surface area contributed by atoms with Gasteiger partial charge in [-0.2, -0.15) is 0 Å². The second-order valence-electron chi connectivity index (χ2n) is 3.95. The van der Waals surface area contributed by atoms with Crippen LogP contribution in [0.4, 0.5) is 0 Å². The van der Waals surface area contributed by atoms with Crippen LogP contribution in [0.2, 0.25) is 0 Å². The average Bonchev–Trinajstić information content (AvgIpc) is 2.53. The molecule has 1 aromatic carbocycles. The lowest BCUT2D eigenvalue weighted by molar-refractivity contribution is 0.398. The lowest BCUT2D eigenvalue weighted by atomic mass is 10.2. The zero-order chi connectivity index (χ0) is 11.9. The van der Waals surface area contributed by atoms with Gasteiger partial charge >= 0.3 is 5.76 Å². The van der Waals surface area contributed by atoms with Crippen LogP contribution in [-0.4, -0.2) is 23.6 Å². The molecule has 0 aliphatic carbocycles. The second-order valence-corrected chi connectivity index (χ2v) is 4.82. The molecule has 0 saturated carbocycles. The summed E-state index contributed by atoms with van der Waals surface area (Å²) in [7, 11) is 5.67. The first-order valence-corrected chi connectivity index (χ1v) is 5.82. The Hall–Kier alpha value is -1.07. The fraction of sp³-hybridized carbons (Fsp3) is 0.364. The van der Waals surface area contributed by atoms with E-state index in [1.165, 1.54) is 4.57 Å². The number of nitrogens with zero attached hydrogens (tertiary/aromatic N) is 2. The SMILES string of the molecule is CN(C)C(Br)c1ccc2oc(=O)n(C)c2c1. The standard InChI is InChI=1S/C11H13BrN2O2/c1-13(2)10(12)7-4-5-9-8(6-7)14(3)11(15)16-9/h4-6,10H,1-3H3. The van der Waals surface area contributed by atoms with E-state index in [4.69, 9.17) is 4.42 Å². The fourth-order valence-corrected chi connectivity index (χ4v) is 1.87.